The Hall–Kier alpha value is -1.52. The van der Waals surface area contributed by atoms with E-state index < -0.39 is 0 Å². The molecule has 4 nitrogen and oxygen atoms in total. The molecular formula is C15H18Cl2N4. The third kappa shape index (κ3) is 4.22. The van der Waals surface area contributed by atoms with Gasteiger partial charge in [-0.3, -0.25) is 0 Å². The second-order valence-electron chi connectivity index (χ2n) is 4.78. The molecule has 21 heavy (non-hydrogen) atoms. The molecule has 1 atom stereocenters. The van der Waals surface area contributed by atoms with Gasteiger partial charge in [0.15, 0.2) is 0 Å². The summed E-state index contributed by atoms with van der Waals surface area (Å²) in [5.41, 5.74) is 1.88. The molecule has 0 aliphatic heterocycles. The van der Waals surface area contributed by atoms with Crippen molar-refractivity contribution in [3.8, 4) is 0 Å². The first kappa shape index (κ1) is 15.9. The van der Waals surface area contributed by atoms with E-state index in [0.29, 0.717) is 16.0 Å². The van der Waals surface area contributed by atoms with Crippen molar-refractivity contribution in [3.05, 3.63) is 45.6 Å². The predicted octanol–water partition coefficient (Wildman–Crippen LogP) is 4.70. The minimum absolute atomic E-state index is 0.0125. The van der Waals surface area contributed by atoms with E-state index in [0.717, 1.165) is 23.6 Å². The molecule has 0 spiro atoms. The maximum Gasteiger partial charge on any atom is 0.224 e. The zero-order valence-corrected chi connectivity index (χ0v) is 13.8. The Kier molecular flexibility index (Phi) is 5.26. The lowest BCUT2D eigenvalue weighted by molar-refractivity contribution is 0.870. The van der Waals surface area contributed by atoms with Gasteiger partial charge in [-0.1, -0.05) is 29.3 Å². The third-order valence-electron chi connectivity index (χ3n) is 2.98. The normalized spacial score (nSPS) is 12.0. The van der Waals surface area contributed by atoms with Crippen LogP contribution < -0.4 is 10.6 Å². The summed E-state index contributed by atoms with van der Waals surface area (Å²) in [5, 5.41) is 7.72. The van der Waals surface area contributed by atoms with E-state index in [1.165, 1.54) is 0 Å². The van der Waals surface area contributed by atoms with Crippen molar-refractivity contribution in [2.45, 2.75) is 26.8 Å². The Balaban J connectivity index is 2.20. The maximum absolute atomic E-state index is 6.23. The molecule has 1 unspecified atom stereocenters. The summed E-state index contributed by atoms with van der Waals surface area (Å²) in [6.45, 7) is 6.75. The van der Waals surface area contributed by atoms with Crippen LogP contribution in [0.15, 0.2) is 24.3 Å². The van der Waals surface area contributed by atoms with Crippen LogP contribution in [-0.2, 0) is 0 Å². The van der Waals surface area contributed by atoms with Gasteiger partial charge >= 0.3 is 0 Å². The van der Waals surface area contributed by atoms with Gasteiger partial charge in [0.1, 0.15) is 5.82 Å². The summed E-state index contributed by atoms with van der Waals surface area (Å²) in [7, 11) is 0. The molecule has 2 rings (SSSR count). The molecule has 0 aliphatic carbocycles. The highest BCUT2D eigenvalue weighted by Crippen LogP contribution is 2.28. The van der Waals surface area contributed by atoms with E-state index in [1.807, 2.05) is 39.0 Å². The summed E-state index contributed by atoms with van der Waals surface area (Å²) in [5.74, 6) is 1.38. The second-order valence-corrected chi connectivity index (χ2v) is 5.62. The topological polar surface area (TPSA) is 49.8 Å². The number of anilines is 2. The van der Waals surface area contributed by atoms with Crippen molar-refractivity contribution in [2.75, 3.05) is 17.2 Å². The molecule has 0 amide bonds. The largest absolute Gasteiger partial charge is 0.363 e. The van der Waals surface area contributed by atoms with Gasteiger partial charge < -0.3 is 10.6 Å². The highest BCUT2D eigenvalue weighted by molar-refractivity contribution is 6.35. The van der Waals surface area contributed by atoms with E-state index in [2.05, 4.69) is 20.6 Å². The summed E-state index contributed by atoms with van der Waals surface area (Å²) in [6, 6.07) is 7.41. The number of rotatable bonds is 5. The van der Waals surface area contributed by atoms with Gasteiger partial charge in [0.05, 0.1) is 6.04 Å². The zero-order chi connectivity index (χ0) is 15.4. The lowest BCUT2D eigenvalue weighted by Crippen LogP contribution is -2.11. The predicted molar refractivity (Wildman–Crippen MR) is 89.4 cm³/mol. The van der Waals surface area contributed by atoms with Crippen LogP contribution >= 0.6 is 23.2 Å². The SMILES string of the molecule is CCNc1nc(C)cc(NC(C)c2ccc(Cl)cc2Cl)n1. The summed E-state index contributed by atoms with van der Waals surface area (Å²) in [4.78, 5) is 8.76. The van der Waals surface area contributed by atoms with E-state index >= 15 is 0 Å². The van der Waals surface area contributed by atoms with E-state index in [-0.39, 0.29) is 6.04 Å². The molecule has 0 aliphatic rings. The van der Waals surface area contributed by atoms with Crippen LogP contribution in [0.1, 0.15) is 31.1 Å². The Bertz CT molecular complexity index is 631. The Morgan fingerprint density at radius 2 is 1.95 bits per heavy atom. The number of hydrogen-bond acceptors (Lipinski definition) is 4. The first-order chi connectivity index (χ1) is 9.99. The number of hydrogen-bond donors (Lipinski definition) is 2. The average molecular weight is 325 g/mol. The smallest absolute Gasteiger partial charge is 0.224 e. The Labute approximate surface area is 134 Å². The average Bonchev–Trinajstić information content (AvgIpc) is 2.37. The summed E-state index contributed by atoms with van der Waals surface area (Å²) < 4.78 is 0. The van der Waals surface area contributed by atoms with Crippen LogP contribution in [-0.4, -0.2) is 16.5 Å². The standard InChI is InChI=1S/C15H18Cl2N4/c1-4-18-15-19-9(2)7-14(21-15)20-10(3)12-6-5-11(16)8-13(12)17/h5-8,10H,4H2,1-3H3,(H2,18,19,20,21). The fraction of sp³-hybridized carbons (Fsp3) is 0.333. The van der Waals surface area contributed by atoms with Crippen molar-refractivity contribution in [1.82, 2.24) is 9.97 Å². The van der Waals surface area contributed by atoms with Crippen LogP contribution in [0, 0.1) is 6.92 Å². The van der Waals surface area contributed by atoms with Crippen LogP contribution in [0.3, 0.4) is 0 Å². The van der Waals surface area contributed by atoms with E-state index in [1.54, 1.807) is 6.07 Å². The molecule has 0 saturated heterocycles. The molecular weight excluding hydrogens is 307 g/mol. The summed E-state index contributed by atoms with van der Waals surface area (Å²) >= 11 is 12.2. The van der Waals surface area contributed by atoms with Crippen molar-refractivity contribution in [3.63, 3.8) is 0 Å². The Morgan fingerprint density at radius 3 is 2.62 bits per heavy atom. The number of aryl methyl sites for hydroxylation is 1. The molecule has 112 valence electrons. The van der Waals surface area contributed by atoms with E-state index in [4.69, 9.17) is 23.2 Å². The quantitative estimate of drug-likeness (QED) is 0.837. The van der Waals surface area contributed by atoms with Gasteiger partial charge in [-0.15, -0.1) is 0 Å². The molecule has 0 radical (unpaired) electrons. The monoisotopic (exact) mass is 324 g/mol. The molecule has 0 saturated carbocycles. The summed E-state index contributed by atoms with van der Waals surface area (Å²) in [6.07, 6.45) is 0. The molecule has 2 aromatic rings. The van der Waals surface area contributed by atoms with Crippen LogP contribution in [0.5, 0.6) is 0 Å². The molecule has 1 aromatic carbocycles. The lowest BCUT2D eigenvalue weighted by Gasteiger charge is -2.17. The van der Waals surface area contributed by atoms with Crippen molar-refractivity contribution >= 4 is 35.0 Å². The first-order valence-electron chi connectivity index (χ1n) is 6.80. The van der Waals surface area contributed by atoms with Gasteiger partial charge in [-0.25, -0.2) is 4.98 Å². The second kappa shape index (κ2) is 6.96. The number of aromatic nitrogens is 2. The fourth-order valence-corrected chi connectivity index (χ4v) is 2.60. The molecule has 2 N–H and O–H groups in total. The molecule has 1 aromatic heterocycles. The Morgan fingerprint density at radius 1 is 1.19 bits per heavy atom. The minimum Gasteiger partial charge on any atom is -0.363 e. The molecule has 0 fully saturated rings. The lowest BCUT2D eigenvalue weighted by atomic mass is 10.1. The number of benzene rings is 1. The van der Waals surface area contributed by atoms with Crippen molar-refractivity contribution in [2.24, 2.45) is 0 Å². The van der Waals surface area contributed by atoms with Crippen LogP contribution in [0.4, 0.5) is 11.8 Å². The van der Waals surface area contributed by atoms with Crippen molar-refractivity contribution < 1.29 is 0 Å². The van der Waals surface area contributed by atoms with Crippen LogP contribution in [0.25, 0.3) is 0 Å². The molecule has 6 heteroatoms. The molecule has 0 bridgehead atoms. The minimum atomic E-state index is 0.0125. The van der Waals surface area contributed by atoms with Gasteiger partial charge in [0.2, 0.25) is 5.95 Å². The van der Waals surface area contributed by atoms with Gasteiger partial charge in [-0.05, 0) is 38.5 Å². The van der Waals surface area contributed by atoms with E-state index in [9.17, 15) is 0 Å². The van der Waals surface area contributed by atoms with Crippen LogP contribution in [0.2, 0.25) is 10.0 Å². The highest BCUT2D eigenvalue weighted by atomic mass is 35.5. The van der Waals surface area contributed by atoms with Gasteiger partial charge in [0, 0.05) is 28.4 Å². The first-order valence-corrected chi connectivity index (χ1v) is 7.56. The molecule has 1 heterocycles. The third-order valence-corrected chi connectivity index (χ3v) is 3.54. The fourth-order valence-electron chi connectivity index (χ4n) is 2.03. The number of halogens is 2. The highest BCUT2D eigenvalue weighted by Gasteiger charge is 2.11. The van der Waals surface area contributed by atoms with Crippen molar-refractivity contribution in [1.29, 1.82) is 0 Å². The van der Waals surface area contributed by atoms with Gasteiger partial charge in [0.25, 0.3) is 0 Å². The number of nitrogens with zero attached hydrogens (tertiary/aromatic N) is 2. The maximum atomic E-state index is 6.23. The number of nitrogens with one attached hydrogen (secondary N) is 2. The zero-order valence-electron chi connectivity index (χ0n) is 12.2. The van der Waals surface area contributed by atoms with Gasteiger partial charge in [-0.2, -0.15) is 4.98 Å².